The number of anilines is 1. The first-order chi connectivity index (χ1) is 13.4. The van der Waals surface area contributed by atoms with E-state index in [2.05, 4.69) is 24.3 Å². The van der Waals surface area contributed by atoms with Crippen LogP contribution in [0.25, 0.3) is 10.9 Å². The Labute approximate surface area is 164 Å². The summed E-state index contributed by atoms with van der Waals surface area (Å²) >= 11 is 0. The van der Waals surface area contributed by atoms with Crippen LogP contribution in [0.15, 0.2) is 48.5 Å². The molecule has 0 saturated heterocycles. The van der Waals surface area contributed by atoms with E-state index in [0.717, 1.165) is 40.7 Å². The molecule has 1 saturated carbocycles. The van der Waals surface area contributed by atoms with Crippen LogP contribution in [0.4, 0.5) is 10.2 Å². The second-order valence-corrected chi connectivity index (χ2v) is 7.71. The Morgan fingerprint density at radius 3 is 2.57 bits per heavy atom. The van der Waals surface area contributed by atoms with Crippen LogP contribution in [0.3, 0.4) is 0 Å². The van der Waals surface area contributed by atoms with Crippen molar-refractivity contribution in [2.24, 2.45) is 0 Å². The average Bonchev–Trinajstić information content (AvgIpc) is 3.50. The minimum Gasteiger partial charge on any atom is -0.362 e. The van der Waals surface area contributed by atoms with E-state index in [1.165, 1.54) is 6.07 Å². The van der Waals surface area contributed by atoms with Crippen molar-refractivity contribution in [3.63, 3.8) is 0 Å². The predicted octanol–water partition coefficient (Wildman–Crippen LogP) is 4.55. The quantitative estimate of drug-likeness (QED) is 0.654. The third-order valence-electron chi connectivity index (χ3n) is 5.15. The van der Waals surface area contributed by atoms with E-state index in [9.17, 15) is 9.18 Å². The van der Waals surface area contributed by atoms with E-state index in [-0.39, 0.29) is 17.5 Å². The number of aromatic nitrogens is 1. The highest BCUT2D eigenvalue weighted by Crippen LogP contribution is 2.32. The minimum atomic E-state index is -0.474. The van der Waals surface area contributed by atoms with Gasteiger partial charge in [-0.25, -0.2) is 9.37 Å². The first-order valence-electron chi connectivity index (χ1n) is 9.57. The van der Waals surface area contributed by atoms with Crippen LogP contribution in [0.2, 0.25) is 0 Å². The summed E-state index contributed by atoms with van der Waals surface area (Å²) in [6.07, 6.45) is 1.91. The monoisotopic (exact) mass is 377 g/mol. The number of carbonyl (C=O) groups is 1. The van der Waals surface area contributed by atoms with Gasteiger partial charge in [0.2, 0.25) is 0 Å². The maximum atomic E-state index is 14.2. The van der Waals surface area contributed by atoms with Crippen LogP contribution in [0.1, 0.15) is 34.3 Å². The Bertz CT molecular complexity index is 1040. The van der Waals surface area contributed by atoms with Gasteiger partial charge in [0.15, 0.2) is 0 Å². The Morgan fingerprint density at radius 1 is 1.14 bits per heavy atom. The molecule has 0 N–H and O–H groups in total. The van der Waals surface area contributed by atoms with Crippen molar-refractivity contribution in [3.05, 3.63) is 71.0 Å². The lowest BCUT2D eigenvalue weighted by atomic mass is 10.1. The Morgan fingerprint density at radius 2 is 1.89 bits per heavy atom. The molecule has 1 aromatic heterocycles. The molecular weight excluding hydrogens is 353 g/mol. The van der Waals surface area contributed by atoms with Gasteiger partial charge in [0.25, 0.3) is 5.91 Å². The lowest BCUT2D eigenvalue weighted by Crippen LogP contribution is -2.34. The number of pyridine rings is 1. The SMILES string of the molecule is Cc1ccc2cc(CN(C(=O)c3ccccc3F)C3CC3)c(N(C)C)nc2c1. The zero-order valence-electron chi connectivity index (χ0n) is 16.4. The van der Waals surface area contributed by atoms with Gasteiger partial charge in [-0.15, -0.1) is 0 Å². The van der Waals surface area contributed by atoms with Gasteiger partial charge in [0, 0.05) is 37.6 Å². The molecule has 0 bridgehead atoms. The number of hydrogen-bond acceptors (Lipinski definition) is 3. The number of benzene rings is 2. The molecule has 3 aromatic rings. The van der Waals surface area contributed by atoms with Gasteiger partial charge in [0.05, 0.1) is 11.1 Å². The summed E-state index contributed by atoms with van der Waals surface area (Å²) in [5.74, 6) is 0.109. The van der Waals surface area contributed by atoms with Crippen molar-refractivity contribution in [2.75, 3.05) is 19.0 Å². The second kappa shape index (κ2) is 7.23. The van der Waals surface area contributed by atoms with Crippen molar-refractivity contribution in [1.29, 1.82) is 0 Å². The summed E-state index contributed by atoms with van der Waals surface area (Å²) in [5, 5.41) is 1.04. The van der Waals surface area contributed by atoms with Gasteiger partial charge in [-0.3, -0.25) is 4.79 Å². The lowest BCUT2D eigenvalue weighted by Gasteiger charge is -2.26. The number of hydrogen-bond donors (Lipinski definition) is 0. The van der Waals surface area contributed by atoms with Gasteiger partial charge >= 0.3 is 0 Å². The lowest BCUT2D eigenvalue weighted by molar-refractivity contribution is 0.0725. The molecule has 1 aliphatic rings. The number of halogens is 1. The number of amides is 1. The number of fused-ring (bicyclic) bond motifs is 1. The fourth-order valence-corrected chi connectivity index (χ4v) is 3.54. The molecule has 4 rings (SSSR count). The molecule has 1 fully saturated rings. The predicted molar refractivity (Wildman–Crippen MR) is 110 cm³/mol. The maximum Gasteiger partial charge on any atom is 0.257 e. The molecule has 28 heavy (non-hydrogen) atoms. The van der Waals surface area contributed by atoms with Crippen LogP contribution in [-0.2, 0) is 6.54 Å². The number of nitrogens with zero attached hydrogens (tertiary/aromatic N) is 3. The van der Waals surface area contributed by atoms with E-state index in [4.69, 9.17) is 4.98 Å². The van der Waals surface area contributed by atoms with Crippen molar-refractivity contribution in [3.8, 4) is 0 Å². The highest BCUT2D eigenvalue weighted by Gasteiger charge is 2.34. The molecule has 5 heteroatoms. The molecule has 4 nitrogen and oxygen atoms in total. The minimum absolute atomic E-state index is 0.130. The average molecular weight is 377 g/mol. The molecule has 0 spiro atoms. The van der Waals surface area contributed by atoms with E-state index in [0.29, 0.717) is 6.54 Å². The maximum absolute atomic E-state index is 14.2. The summed E-state index contributed by atoms with van der Waals surface area (Å²) in [7, 11) is 3.90. The van der Waals surface area contributed by atoms with Crippen LogP contribution in [0.5, 0.6) is 0 Å². The summed E-state index contributed by atoms with van der Waals surface area (Å²) in [5.41, 5.74) is 3.20. The molecule has 0 radical (unpaired) electrons. The number of rotatable bonds is 5. The van der Waals surface area contributed by atoms with Crippen LogP contribution >= 0.6 is 0 Å². The molecule has 0 unspecified atom stereocenters. The summed E-state index contributed by atoms with van der Waals surface area (Å²) in [6.45, 7) is 2.47. The summed E-state index contributed by atoms with van der Waals surface area (Å²) < 4.78 is 14.2. The second-order valence-electron chi connectivity index (χ2n) is 7.71. The van der Waals surface area contributed by atoms with Crippen LogP contribution in [-0.4, -0.2) is 35.9 Å². The van der Waals surface area contributed by atoms with Crippen molar-refractivity contribution in [1.82, 2.24) is 9.88 Å². The first-order valence-corrected chi connectivity index (χ1v) is 9.57. The first kappa shape index (κ1) is 18.4. The number of aryl methyl sites for hydroxylation is 1. The fourth-order valence-electron chi connectivity index (χ4n) is 3.54. The smallest absolute Gasteiger partial charge is 0.257 e. The molecule has 2 aromatic carbocycles. The largest absolute Gasteiger partial charge is 0.362 e. The van der Waals surface area contributed by atoms with E-state index < -0.39 is 5.82 Å². The molecule has 1 heterocycles. The van der Waals surface area contributed by atoms with Gasteiger partial charge in [0.1, 0.15) is 11.6 Å². The molecule has 1 amide bonds. The number of carbonyl (C=O) groups excluding carboxylic acids is 1. The van der Waals surface area contributed by atoms with E-state index >= 15 is 0 Å². The van der Waals surface area contributed by atoms with Crippen molar-refractivity contribution < 1.29 is 9.18 Å². The summed E-state index contributed by atoms with van der Waals surface area (Å²) in [4.78, 5) is 21.7. The van der Waals surface area contributed by atoms with Gasteiger partial charge in [-0.2, -0.15) is 0 Å². The Hall–Kier alpha value is -2.95. The van der Waals surface area contributed by atoms with Gasteiger partial charge in [-0.05, 0) is 49.6 Å². The highest BCUT2D eigenvalue weighted by molar-refractivity contribution is 5.95. The zero-order valence-corrected chi connectivity index (χ0v) is 16.4. The molecule has 144 valence electrons. The standard InChI is InChI=1S/C23H24FN3O/c1-15-8-9-16-13-17(22(26(2)3)25-21(16)12-15)14-27(18-10-11-18)23(28)19-6-4-5-7-20(19)24/h4-9,12-13,18H,10-11,14H2,1-3H3. The molecule has 0 atom stereocenters. The van der Waals surface area contributed by atoms with Crippen LogP contribution < -0.4 is 4.90 Å². The van der Waals surface area contributed by atoms with Gasteiger partial charge in [-0.1, -0.05) is 24.3 Å². The van der Waals surface area contributed by atoms with Crippen LogP contribution in [0, 0.1) is 12.7 Å². The zero-order chi connectivity index (χ0) is 19.8. The Kier molecular flexibility index (Phi) is 4.75. The Balaban J connectivity index is 1.74. The van der Waals surface area contributed by atoms with E-state index in [1.54, 1.807) is 23.1 Å². The van der Waals surface area contributed by atoms with Crippen molar-refractivity contribution >= 4 is 22.6 Å². The van der Waals surface area contributed by atoms with Crippen molar-refractivity contribution in [2.45, 2.75) is 32.4 Å². The fraction of sp³-hybridized carbons (Fsp3) is 0.304. The summed E-state index contributed by atoms with van der Waals surface area (Å²) in [6, 6.07) is 14.6. The van der Waals surface area contributed by atoms with Gasteiger partial charge < -0.3 is 9.80 Å². The molecule has 0 aliphatic heterocycles. The highest BCUT2D eigenvalue weighted by atomic mass is 19.1. The third kappa shape index (κ3) is 3.57. The van der Waals surface area contributed by atoms with E-state index in [1.807, 2.05) is 25.9 Å². The normalized spacial score (nSPS) is 13.6. The third-order valence-corrected chi connectivity index (χ3v) is 5.15. The topological polar surface area (TPSA) is 36.4 Å². The molecule has 1 aliphatic carbocycles. The molecular formula is C23H24FN3O.